The molecule has 0 aliphatic carbocycles. The molecular formula is C24H26F3NO2S. The summed E-state index contributed by atoms with van der Waals surface area (Å²) in [4.78, 5) is 13.5. The number of nitrogens with zero attached hydrogens (tertiary/aromatic N) is 1. The van der Waals surface area contributed by atoms with Gasteiger partial charge in [-0.25, -0.2) is 0 Å². The molecule has 1 unspecified atom stereocenters. The van der Waals surface area contributed by atoms with Gasteiger partial charge >= 0.3 is 12.1 Å². The largest absolute Gasteiger partial charge is 0.481 e. The second-order valence-corrected chi connectivity index (χ2v) is 9.29. The van der Waals surface area contributed by atoms with Crippen molar-refractivity contribution in [3.8, 4) is 11.8 Å². The summed E-state index contributed by atoms with van der Waals surface area (Å²) in [5, 5.41) is 11.5. The SMILES string of the molecule is C=C(C)C#C[C@H](C1CC=CS1)N1CC[C@@H](CC(=O)O)C[C@H]1c1ccc(C(F)(F)F)cc1. The molecule has 2 heterocycles. The molecule has 0 saturated carbocycles. The third-order valence-corrected chi connectivity index (χ3v) is 6.85. The Kier molecular flexibility index (Phi) is 7.55. The van der Waals surface area contributed by atoms with Crippen LogP contribution in [0.15, 0.2) is 47.9 Å². The van der Waals surface area contributed by atoms with Gasteiger partial charge in [-0.05, 0) is 60.8 Å². The highest BCUT2D eigenvalue weighted by molar-refractivity contribution is 8.03. The highest BCUT2D eigenvalue weighted by Crippen LogP contribution is 2.41. The van der Waals surface area contributed by atoms with Crippen molar-refractivity contribution in [3.63, 3.8) is 0 Å². The lowest BCUT2D eigenvalue weighted by atomic mass is 9.83. The molecule has 0 radical (unpaired) electrons. The van der Waals surface area contributed by atoms with Crippen molar-refractivity contribution < 1.29 is 23.1 Å². The lowest BCUT2D eigenvalue weighted by Crippen LogP contribution is -2.47. The van der Waals surface area contributed by atoms with Gasteiger partial charge in [-0.15, -0.1) is 11.8 Å². The summed E-state index contributed by atoms with van der Waals surface area (Å²) in [5.41, 5.74) is 0.837. The van der Waals surface area contributed by atoms with Crippen LogP contribution in [-0.2, 0) is 11.0 Å². The van der Waals surface area contributed by atoms with Crippen molar-refractivity contribution in [2.75, 3.05) is 6.54 Å². The molecule has 3 rings (SSSR count). The van der Waals surface area contributed by atoms with Gasteiger partial charge < -0.3 is 5.11 Å². The van der Waals surface area contributed by atoms with Crippen molar-refractivity contribution in [2.45, 2.75) is 56.1 Å². The number of carboxylic acids is 1. The van der Waals surface area contributed by atoms with Gasteiger partial charge in [0, 0.05) is 24.3 Å². The van der Waals surface area contributed by atoms with Crippen LogP contribution in [0.3, 0.4) is 0 Å². The fraction of sp³-hybridized carbons (Fsp3) is 0.458. The van der Waals surface area contributed by atoms with Crippen molar-refractivity contribution >= 4 is 17.7 Å². The Morgan fingerprint density at radius 2 is 2.06 bits per heavy atom. The van der Waals surface area contributed by atoms with Gasteiger partial charge in [-0.1, -0.05) is 36.6 Å². The molecule has 0 bridgehead atoms. The number of thioether (sulfide) groups is 1. The number of likely N-dealkylation sites (tertiary alicyclic amines) is 1. The zero-order valence-electron chi connectivity index (χ0n) is 17.4. The summed E-state index contributed by atoms with van der Waals surface area (Å²) in [6, 6.07) is 4.96. The summed E-state index contributed by atoms with van der Waals surface area (Å²) in [6.07, 6.45) is -0.0532. The highest BCUT2D eigenvalue weighted by Gasteiger charge is 2.38. The van der Waals surface area contributed by atoms with Crippen LogP contribution in [0.1, 0.15) is 49.8 Å². The first-order chi connectivity index (χ1) is 14.6. The van der Waals surface area contributed by atoms with Gasteiger partial charge in [0.25, 0.3) is 0 Å². The normalized spacial score (nSPS) is 25.0. The van der Waals surface area contributed by atoms with E-state index in [1.165, 1.54) is 12.1 Å². The van der Waals surface area contributed by atoms with Crippen LogP contribution < -0.4 is 0 Å². The van der Waals surface area contributed by atoms with Crippen molar-refractivity contribution in [1.29, 1.82) is 0 Å². The molecule has 0 aromatic heterocycles. The molecule has 166 valence electrons. The molecule has 2 aliphatic rings. The van der Waals surface area contributed by atoms with E-state index in [9.17, 15) is 23.1 Å². The average Bonchev–Trinajstić information content (AvgIpc) is 3.22. The van der Waals surface area contributed by atoms with Gasteiger partial charge in [0.15, 0.2) is 0 Å². The Morgan fingerprint density at radius 3 is 2.61 bits per heavy atom. The third-order valence-electron chi connectivity index (χ3n) is 5.70. The van der Waals surface area contributed by atoms with Gasteiger partial charge in [0.2, 0.25) is 0 Å². The molecule has 0 amide bonds. The Labute approximate surface area is 185 Å². The minimum atomic E-state index is -4.39. The minimum absolute atomic E-state index is 0.0230. The predicted molar refractivity (Wildman–Crippen MR) is 117 cm³/mol. The highest BCUT2D eigenvalue weighted by atomic mass is 32.2. The van der Waals surface area contributed by atoms with E-state index >= 15 is 0 Å². The number of carbonyl (C=O) groups is 1. The van der Waals surface area contributed by atoms with Gasteiger partial charge in [-0.3, -0.25) is 9.69 Å². The van der Waals surface area contributed by atoms with E-state index in [-0.39, 0.29) is 29.7 Å². The van der Waals surface area contributed by atoms with Crippen LogP contribution in [0.2, 0.25) is 0 Å². The number of benzene rings is 1. The molecule has 4 atom stereocenters. The lowest BCUT2D eigenvalue weighted by Gasteiger charge is -2.44. The van der Waals surface area contributed by atoms with Crippen LogP contribution in [0.25, 0.3) is 0 Å². The summed E-state index contributed by atoms with van der Waals surface area (Å²) < 4.78 is 39.1. The number of piperidine rings is 1. The number of alkyl halides is 3. The monoisotopic (exact) mass is 449 g/mol. The molecule has 1 fully saturated rings. The maximum atomic E-state index is 13.0. The summed E-state index contributed by atoms with van der Waals surface area (Å²) >= 11 is 1.71. The fourth-order valence-corrected chi connectivity index (χ4v) is 5.25. The van der Waals surface area contributed by atoms with Crippen molar-refractivity contribution in [2.24, 2.45) is 5.92 Å². The Balaban J connectivity index is 1.94. The smallest absolute Gasteiger partial charge is 0.416 e. The number of halogens is 3. The molecule has 2 aliphatic heterocycles. The van der Waals surface area contributed by atoms with Crippen LogP contribution in [-0.4, -0.2) is 33.8 Å². The third kappa shape index (κ3) is 6.18. The van der Waals surface area contributed by atoms with Crippen LogP contribution >= 0.6 is 11.8 Å². The summed E-state index contributed by atoms with van der Waals surface area (Å²) in [5.74, 6) is 5.56. The van der Waals surface area contributed by atoms with Gasteiger partial charge in [0.05, 0.1) is 11.6 Å². The standard InChI is InChI=1S/C24H26F3NO2S/c1-16(2)5-10-20(22-4-3-13-31-22)28-12-11-17(15-23(29)30)14-21(28)18-6-8-19(9-7-18)24(25,26)27/h3,6-9,13,17,20-22H,1,4,11-12,14-15H2,2H3,(H,29,30)/t17-,20-,21+,22?/m1/s1. The number of aliphatic carboxylic acids is 1. The number of rotatable bonds is 5. The zero-order valence-corrected chi connectivity index (χ0v) is 18.2. The molecule has 1 aromatic rings. The molecule has 0 spiro atoms. The molecule has 3 nitrogen and oxygen atoms in total. The van der Waals surface area contributed by atoms with Crippen molar-refractivity contribution in [1.82, 2.24) is 4.90 Å². The molecular weight excluding hydrogens is 423 g/mol. The molecule has 1 aromatic carbocycles. The molecule has 31 heavy (non-hydrogen) atoms. The first-order valence-corrected chi connectivity index (χ1v) is 11.2. The number of hydrogen-bond donors (Lipinski definition) is 1. The molecule has 7 heteroatoms. The zero-order chi connectivity index (χ0) is 22.6. The predicted octanol–water partition coefficient (Wildman–Crippen LogP) is 5.90. The van der Waals surface area contributed by atoms with Crippen LogP contribution in [0.5, 0.6) is 0 Å². The number of carboxylic acid groups (broad SMARTS) is 1. The minimum Gasteiger partial charge on any atom is -0.481 e. The first-order valence-electron chi connectivity index (χ1n) is 10.3. The van der Waals surface area contributed by atoms with Gasteiger partial charge in [-0.2, -0.15) is 13.2 Å². The van der Waals surface area contributed by atoms with E-state index in [0.29, 0.717) is 13.0 Å². The fourth-order valence-electron chi connectivity index (χ4n) is 4.24. The van der Waals surface area contributed by atoms with Crippen molar-refractivity contribution in [3.05, 3.63) is 59.0 Å². The van der Waals surface area contributed by atoms with E-state index in [1.807, 2.05) is 6.92 Å². The topological polar surface area (TPSA) is 40.5 Å². The molecule has 1 N–H and O–H groups in total. The van der Waals surface area contributed by atoms with Crippen LogP contribution in [0.4, 0.5) is 13.2 Å². The van der Waals surface area contributed by atoms with E-state index in [4.69, 9.17) is 0 Å². The lowest BCUT2D eigenvalue weighted by molar-refractivity contribution is -0.139. The Bertz CT molecular complexity index is 890. The maximum Gasteiger partial charge on any atom is 0.416 e. The number of hydrogen-bond acceptors (Lipinski definition) is 3. The Hall–Kier alpha value is -2.17. The quantitative estimate of drug-likeness (QED) is 0.568. The second kappa shape index (κ2) is 9.97. The Morgan fingerprint density at radius 1 is 1.35 bits per heavy atom. The van der Waals surface area contributed by atoms with E-state index < -0.39 is 17.7 Å². The van der Waals surface area contributed by atoms with E-state index in [2.05, 4.69) is 34.8 Å². The first kappa shape index (κ1) is 23.5. The van der Waals surface area contributed by atoms with Crippen LogP contribution in [0, 0.1) is 17.8 Å². The average molecular weight is 450 g/mol. The second-order valence-electron chi connectivity index (χ2n) is 8.14. The maximum absolute atomic E-state index is 13.0. The van der Waals surface area contributed by atoms with Gasteiger partial charge in [0.1, 0.15) is 0 Å². The number of allylic oxidation sites excluding steroid dienone is 2. The summed E-state index contributed by atoms with van der Waals surface area (Å²) in [6.45, 7) is 6.36. The van der Waals surface area contributed by atoms with E-state index in [0.717, 1.165) is 36.1 Å². The molecule has 1 saturated heterocycles. The summed E-state index contributed by atoms with van der Waals surface area (Å²) in [7, 11) is 0. The van der Waals surface area contributed by atoms with E-state index in [1.54, 1.807) is 11.8 Å².